The van der Waals surface area contributed by atoms with Crippen molar-refractivity contribution in [3.63, 3.8) is 0 Å². The first-order chi connectivity index (χ1) is 8.97. The molecule has 1 aromatic carbocycles. The summed E-state index contributed by atoms with van der Waals surface area (Å²) in [5, 5.41) is 9.25. The molecule has 19 heavy (non-hydrogen) atoms. The maximum absolute atomic E-state index is 12.5. The smallest absolute Gasteiger partial charge is 0.243 e. The first kappa shape index (κ1) is 16.1. The van der Waals surface area contributed by atoms with E-state index < -0.39 is 10.0 Å². The van der Waals surface area contributed by atoms with Crippen LogP contribution in [0, 0.1) is 6.92 Å². The predicted octanol–water partition coefficient (Wildman–Crippen LogP) is 2.30. The highest BCUT2D eigenvalue weighted by molar-refractivity contribution is 7.89. The molecule has 1 aromatic rings. The highest BCUT2D eigenvalue weighted by atomic mass is 32.2. The van der Waals surface area contributed by atoms with E-state index in [0.29, 0.717) is 18.7 Å². The predicted molar refractivity (Wildman–Crippen MR) is 76.4 cm³/mol. The van der Waals surface area contributed by atoms with Crippen molar-refractivity contribution < 1.29 is 13.5 Å². The molecule has 0 bridgehead atoms. The Morgan fingerprint density at radius 2 is 1.74 bits per heavy atom. The van der Waals surface area contributed by atoms with Gasteiger partial charge in [0.25, 0.3) is 0 Å². The number of hydrogen-bond donors (Lipinski definition) is 1. The molecule has 0 saturated carbocycles. The fourth-order valence-corrected chi connectivity index (χ4v) is 3.65. The third kappa shape index (κ3) is 3.78. The quantitative estimate of drug-likeness (QED) is 0.836. The lowest BCUT2D eigenvalue weighted by molar-refractivity contribution is 0.280. The Balaban J connectivity index is 3.17. The SMILES string of the molecule is CCCN(CCC)S(=O)(=O)c1ccc(C)c(CO)c1. The zero-order valence-corrected chi connectivity index (χ0v) is 12.7. The van der Waals surface area contributed by atoms with Crippen LogP contribution in [-0.2, 0) is 16.6 Å². The second-order valence-corrected chi connectivity index (χ2v) is 6.59. The topological polar surface area (TPSA) is 57.6 Å². The van der Waals surface area contributed by atoms with E-state index in [1.54, 1.807) is 18.2 Å². The largest absolute Gasteiger partial charge is 0.392 e. The molecule has 0 radical (unpaired) electrons. The van der Waals surface area contributed by atoms with Crippen LogP contribution in [0.1, 0.15) is 37.8 Å². The number of benzene rings is 1. The summed E-state index contributed by atoms with van der Waals surface area (Å²) in [5.41, 5.74) is 1.56. The molecule has 0 atom stereocenters. The van der Waals surface area contributed by atoms with E-state index in [0.717, 1.165) is 18.4 Å². The molecule has 0 spiro atoms. The number of aryl methyl sites for hydroxylation is 1. The van der Waals surface area contributed by atoms with Gasteiger partial charge in [0.2, 0.25) is 10.0 Å². The Labute approximate surface area is 116 Å². The van der Waals surface area contributed by atoms with Crippen molar-refractivity contribution in [3.05, 3.63) is 29.3 Å². The van der Waals surface area contributed by atoms with Crippen LogP contribution >= 0.6 is 0 Å². The molecule has 0 aliphatic heterocycles. The van der Waals surface area contributed by atoms with Crippen LogP contribution in [-0.4, -0.2) is 30.9 Å². The number of aliphatic hydroxyl groups excluding tert-OH is 1. The summed E-state index contributed by atoms with van der Waals surface area (Å²) in [6, 6.07) is 4.93. The molecule has 0 aliphatic rings. The Morgan fingerprint density at radius 1 is 1.16 bits per heavy atom. The molecular formula is C14H23NO3S. The zero-order chi connectivity index (χ0) is 14.5. The van der Waals surface area contributed by atoms with Crippen molar-refractivity contribution in [2.45, 2.75) is 45.1 Å². The fraction of sp³-hybridized carbons (Fsp3) is 0.571. The van der Waals surface area contributed by atoms with Crippen molar-refractivity contribution in [2.75, 3.05) is 13.1 Å². The van der Waals surface area contributed by atoms with E-state index in [2.05, 4.69) is 0 Å². The molecule has 0 aliphatic carbocycles. The van der Waals surface area contributed by atoms with E-state index in [1.807, 2.05) is 20.8 Å². The molecular weight excluding hydrogens is 262 g/mol. The first-order valence-corrected chi connectivity index (χ1v) is 8.11. The highest BCUT2D eigenvalue weighted by Crippen LogP contribution is 2.20. The van der Waals surface area contributed by atoms with Gasteiger partial charge < -0.3 is 5.11 Å². The van der Waals surface area contributed by atoms with Gasteiger partial charge in [-0.2, -0.15) is 4.31 Å². The van der Waals surface area contributed by atoms with E-state index in [4.69, 9.17) is 0 Å². The number of rotatable bonds is 7. The van der Waals surface area contributed by atoms with Gasteiger partial charge in [0.1, 0.15) is 0 Å². The molecule has 0 saturated heterocycles. The van der Waals surface area contributed by atoms with Crippen molar-refractivity contribution in [1.82, 2.24) is 4.31 Å². The third-order valence-electron chi connectivity index (χ3n) is 3.07. The van der Waals surface area contributed by atoms with Crippen LogP contribution in [0.25, 0.3) is 0 Å². The maximum Gasteiger partial charge on any atom is 0.243 e. The van der Waals surface area contributed by atoms with Crippen LogP contribution in [0.15, 0.2) is 23.1 Å². The molecule has 0 unspecified atom stereocenters. The fourth-order valence-electron chi connectivity index (χ4n) is 1.98. The molecule has 0 amide bonds. The molecule has 0 heterocycles. The van der Waals surface area contributed by atoms with Gasteiger partial charge in [0.15, 0.2) is 0 Å². The minimum Gasteiger partial charge on any atom is -0.392 e. The minimum atomic E-state index is -3.45. The summed E-state index contributed by atoms with van der Waals surface area (Å²) in [6.07, 6.45) is 1.58. The van der Waals surface area contributed by atoms with Gasteiger partial charge in [0.05, 0.1) is 11.5 Å². The van der Waals surface area contributed by atoms with Crippen LogP contribution < -0.4 is 0 Å². The molecule has 4 nitrogen and oxygen atoms in total. The second-order valence-electron chi connectivity index (χ2n) is 4.65. The third-order valence-corrected chi connectivity index (χ3v) is 4.97. The number of nitrogens with zero attached hydrogens (tertiary/aromatic N) is 1. The molecule has 0 fully saturated rings. The van der Waals surface area contributed by atoms with E-state index in [1.165, 1.54) is 4.31 Å². The van der Waals surface area contributed by atoms with Crippen LogP contribution in [0.2, 0.25) is 0 Å². The van der Waals surface area contributed by atoms with Gasteiger partial charge in [-0.05, 0) is 43.0 Å². The van der Waals surface area contributed by atoms with Gasteiger partial charge in [-0.15, -0.1) is 0 Å². The molecule has 5 heteroatoms. The Kier molecular flexibility index (Phi) is 5.97. The van der Waals surface area contributed by atoms with Gasteiger partial charge >= 0.3 is 0 Å². The summed E-state index contributed by atoms with van der Waals surface area (Å²) in [6.45, 7) is 6.70. The van der Waals surface area contributed by atoms with Gasteiger partial charge in [-0.3, -0.25) is 0 Å². The average Bonchev–Trinajstić information content (AvgIpc) is 2.38. The zero-order valence-electron chi connectivity index (χ0n) is 11.9. The standard InChI is InChI=1S/C14H23NO3S/c1-4-8-15(9-5-2)19(17,18)14-7-6-12(3)13(10-14)11-16/h6-7,10,16H,4-5,8-9,11H2,1-3H3. The molecule has 108 valence electrons. The lowest BCUT2D eigenvalue weighted by atomic mass is 10.1. The van der Waals surface area contributed by atoms with E-state index in [9.17, 15) is 13.5 Å². The Morgan fingerprint density at radius 3 is 2.21 bits per heavy atom. The van der Waals surface area contributed by atoms with Crippen molar-refractivity contribution in [3.8, 4) is 0 Å². The van der Waals surface area contributed by atoms with Crippen molar-refractivity contribution in [2.24, 2.45) is 0 Å². The monoisotopic (exact) mass is 285 g/mol. The van der Waals surface area contributed by atoms with Crippen LogP contribution in [0.3, 0.4) is 0 Å². The summed E-state index contributed by atoms with van der Waals surface area (Å²) in [7, 11) is -3.45. The van der Waals surface area contributed by atoms with Crippen LogP contribution in [0.5, 0.6) is 0 Å². The Hall–Kier alpha value is -0.910. The van der Waals surface area contributed by atoms with E-state index in [-0.39, 0.29) is 11.5 Å². The molecule has 0 aromatic heterocycles. The van der Waals surface area contributed by atoms with E-state index >= 15 is 0 Å². The summed E-state index contributed by atoms with van der Waals surface area (Å²) in [4.78, 5) is 0.268. The first-order valence-electron chi connectivity index (χ1n) is 6.67. The van der Waals surface area contributed by atoms with Crippen molar-refractivity contribution >= 4 is 10.0 Å². The second kappa shape index (κ2) is 7.03. The summed E-state index contributed by atoms with van der Waals surface area (Å²) >= 11 is 0. The minimum absolute atomic E-state index is 0.142. The Bertz CT molecular complexity index is 505. The van der Waals surface area contributed by atoms with Crippen LogP contribution in [0.4, 0.5) is 0 Å². The number of hydrogen-bond acceptors (Lipinski definition) is 3. The summed E-state index contributed by atoms with van der Waals surface area (Å²) in [5.74, 6) is 0. The van der Waals surface area contributed by atoms with Crippen molar-refractivity contribution in [1.29, 1.82) is 0 Å². The summed E-state index contributed by atoms with van der Waals surface area (Å²) < 4.78 is 26.6. The lowest BCUT2D eigenvalue weighted by Gasteiger charge is -2.21. The highest BCUT2D eigenvalue weighted by Gasteiger charge is 2.23. The molecule has 1 rings (SSSR count). The van der Waals surface area contributed by atoms with Gasteiger partial charge in [-0.25, -0.2) is 8.42 Å². The lowest BCUT2D eigenvalue weighted by Crippen LogP contribution is -2.32. The average molecular weight is 285 g/mol. The molecule has 1 N–H and O–H groups in total. The number of sulfonamides is 1. The van der Waals surface area contributed by atoms with Gasteiger partial charge in [-0.1, -0.05) is 19.9 Å². The number of aliphatic hydroxyl groups is 1. The van der Waals surface area contributed by atoms with Gasteiger partial charge in [0, 0.05) is 13.1 Å². The maximum atomic E-state index is 12.5. The normalized spacial score (nSPS) is 12.1.